The van der Waals surface area contributed by atoms with E-state index in [0.717, 1.165) is 30.0 Å². The van der Waals surface area contributed by atoms with Gasteiger partial charge in [-0.05, 0) is 51.1 Å². The van der Waals surface area contributed by atoms with Crippen molar-refractivity contribution in [3.63, 3.8) is 0 Å². The summed E-state index contributed by atoms with van der Waals surface area (Å²) in [6.45, 7) is 7.24. The van der Waals surface area contributed by atoms with Crippen LogP contribution in [0.2, 0.25) is 0 Å². The largest absolute Gasteiger partial charge is 0.308 e. The third-order valence-corrected chi connectivity index (χ3v) is 4.71. The highest BCUT2D eigenvalue weighted by atomic mass is 16.1. The van der Waals surface area contributed by atoms with Gasteiger partial charge in [0.15, 0.2) is 0 Å². The summed E-state index contributed by atoms with van der Waals surface area (Å²) in [7, 11) is 0. The summed E-state index contributed by atoms with van der Waals surface area (Å²) in [6, 6.07) is 15.6. The Balaban J connectivity index is 2.08. The number of hydrogen-bond donors (Lipinski definition) is 1. The Morgan fingerprint density at radius 1 is 1.08 bits per heavy atom. The summed E-state index contributed by atoms with van der Waals surface area (Å²) >= 11 is 0. The number of unbranched alkanes of at least 4 members (excludes halogenated alkanes) is 2. The van der Waals surface area contributed by atoms with Crippen LogP contribution in [0, 0.1) is 6.92 Å². The van der Waals surface area contributed by atoms with Gasteiger partial charge in [-0.15, -0.1) is 0 Å². The molecule has 0 aliphatic carbocycles. The van der Waals surface area contributed by atoms with Gasteiger partial charge in [-0.2, -0.15) is 0 Å². The average Bonchev–Trinajstić information content (AvgIpc) is 2.66. The second kappa shape index (κ2) is 8.28. The number of nitrogens with zero attached hydrogens (tertiary/aromatic N) is 2. The number of rotatable bonds is 7. The van der Waals surface area contributed by atoms with Gasteiger partial charge < -0.3 is 5.32 Å². The van der Waals surface area contributed by atoms with E-state index >= 15 is 0 Å². The average molecular weight is 349 g/mol. The number of para-hydroxylation sites is 1. The van der Waals surface area contributed by atoms with Crippen LogP contribution in [0.15, 0.2) is 53.3 Å². The van der Waals surface area contributed by atoms with Crippen molar-refractivity contribution in [1.82, 2.24) is 14.9 Å². The van der Waals surface area contributed by atoms with Crippen molar-refractivity contribution in [2.75, 3.05) is 6.54 Å². The smallest absolute Gasteiger partial charge is 0.266 e. The summed E-state index contributed by atoms with van der Waals surface area (Å²) in [6.07, 6.45) is 3.52. The molecule has 136 valence electrons. The van der Waals surface area contributed by atoms with Crippen LogP contribution >= 0.6 is 0 Å². The molecule has 3 rings (SSSR count). The lowest BCUT2D eigenvalue weighted by Crippen LogP contribution is -2.30. The first-order valence-corrected chi connectivity index (χ1v) is 9.44. The lowest BCUT2D eigenvalue weighted by molar-refractivity contribution is 0.513. The zero-order valence-corrected chi connectivity index (χ0v) is 15.8. The summed E-state index contributed by atoms with van der Waals surface area (Å²) < 4.78 is 1.75. The van der Waals surface area contributed by atoms with E-state index < -0.39 is 0 Å². The molecule has 26 heavy (non-hydrogen) atoms. The molecule has 0 spiro atoms. The molecule has 0 amide bonds. The topological polar surface area (TPSA) is 46.9 Å². The first-order chi connectivity index (χ1) is 12.6. The van der Waals surface area contributed by atoms with Gasteiger partial charge in [0.05, 0.1) is 22.6 Å². The van der Waals surface area contributed by atoms with Crippen LogP contribution in [0.1, 0.15) is 50.5 Å². The predicted octanol–water partition coefficient (Wildman–Crippen LogP) is 4.53. The van der Waals surface area contributed by atoms with E-state index in [1.54, 1.807) is 4.57 Å². The zero-order valence-electron chi connectivity index (χ0n) is 15.8. The number of aromatic nitrogens is 2. The molecule has 0 radical (unpaired) electrons. The monoisotopic (exact) mass is 349 g/mol. The minimum Gasteiger partial charge on any atom is -0.308 e. The molecule has 0 fully saturated rings. The first kappa shape index (κ1) is 18.3. The second-order valence-corrected chi connectivity index (χ2v) is 6.85. The summed E-state index contributed by atoms with van der Waals surface area (Å²) in [5, 5.41) is 4.17. The van der Waals surface area contributed by atoms with Crippen molar-refractivity contribution in [1.29, 1.82) is 0 Å². The van der Waals surface area contributed by atoms with Crippen LogP contribution in [-0.2, 0) is 0 Å². The Morgan fingerprint density at radius 2 is 1.81 bits per heavy atom. The minimum absolute atomic E-state index is 0.00883. The van der Waals surface area contributed by atoms with Gasteiger partial charge in [-0.25, -0.2) is 4.98 Å². The van der Waals surface area contributed by atoms with E-state index in [0.29, 0.717) is 5.39 Å². The molecular weight excluding hydrogens is 322 g/mol. The molecule has 1 unspecified atom stereocenters. The predicted molar refractivity (Wildman–Crippen MR) is 108 cm³/mol. The Labute approximate surface area is 154 Å². The summed E-state index contributed by atoms with van der Waals surface area (Å²) in [5.41, 5.74) is 2.76. The molecule has 3 aromatic rings. The highest BCUT2D eigenvalue weighted by Gasteiger charge is 2.17. The molecule has 2 aromatic carbocycles. The Bertz CT molecular complexity index is 928. The quantitative estimate of drug-likeness (QED) is 0.637. The van der Waals surface area contributed by atoms with E-state index in [2.05, 4.69) is 19.2 Å². The van der Waals surface area contributed by atoms with Crippen molar-refractivity contribution in [2.24, 2.45) is 0 Å². The standard InChI is InChI=1S/C22H27N3O/c1-4-5-8-15-23-17(3)21-24-20-10-7-6-9-19(20)22(26)25(21)18-13-11-16(2)12-14-18/h6-7,9-14,17,23H,4-5,8,15H2,1-3H3. The van der Waals surface area contributed by atoms with Crippen LogP contribution in [0.25, 0.3) is 16.6 Å². The third kappa shape index (κ3) is 3.86. The van der Waals surface area contributed by atoms with Crippen molar-refractivity contribution in [2.45, 2.75) is 46.1 Å². The molecule has 1 heterocycles. The van der Waals surface area contributed by atoms with Gasteiger partial charge in [0.25, 0.3) is 5.56 Å². The second-order valence-electron chi connectivity index (χ2n) is 6.85. The molecule has 0 aliphatic heterocycles. The lowest BCUT2D eigenvalue weighted by atomic mass is 10.1. The van der Waals surface area contributed by atoms with Crippen LogP contribution in [0.5, 0.6) is 0 Å². The fourth-order valence-electron chi connectivity index (χ4n) is 3.17. The maximum absolute atomic E-state index is 13.2. The first-order valence-electron chi connectivity index (χ1n) is 9.44. The molecule has 4 nitrogen and oxygen atoms in total. The Hall–Kier alpha value is -2.46. The third-order valence-electron chi connectivity index (χ3n) is 4.71. The van der Waals surface area contributed by atoms with Crippen molar-refractivity contribution in [3.05, 3.63) is 70.3 Å². The van der Waals surface area contributed by atoms with Gasteiger partial charge in [-0.3, -0.25) is 9.36 Å². The number of fused-ring (bicyclic) bond motifs is 1. The highest BCUT2D eigenvalue weighted by Crippen LogP contribution is 2.18. The van der Waals surface area contributed by atoms with Gasteiger partial charge in [0.2, 0.25) is 0 Å². The molecule has 0 saturated heterocycles. The molecule has 0 bridgehead atoms. The van der Waals surface area contributed by atoms with Gasteiger partial charge in [-0.1, -0.05) is 49.6 Å². The van der Waals surface area contributed by atoms with Crippen LogP contribution in [-0.4, -0.2) is 16.1 Å². The molecule has 1 aromatic heterocycles. The van der Waals surface area contributed by atoms with Crippen LogP contribution in [0.3, 0.4) is 0 Å². The SMILES string of the molecule is CCCCCNC(C)c1nc2ccccc2c(=O)n1-c1ccc(C)cc1. The molecule has 4 heteroatoms. The molecule has 0 saturated carbocycles. The van der Waals surface area contributed by atoms with Gasteiger partial charge >= 0.3 is 0 Å². The maximum atomic E-state index is 13.2. The number of hydrogen-bond acceptors (Lipinski definition) is 3. The number of aryl methyl sites for hydroxylation is 1. The van der Waals surface area contributed by atoms with E-state index in [1.807, 2.05) is 55.5 Å². The highest BCUT2D eigenvalue weighted by molar-refractivity contribution is 5.77. The Morgan fingerprint density at radius 3 is 2.54 bits per heavy atom. The van der Waals surface area contributed by atoms with E-state index in [4.69, 9.17) is 4.98 Å². The van der Waals surface area contributed by atoms with E-state index in [9.17, 15) is 4.79 Å². The van der Waals surface area contributed by atoms with Crippen molar-refractivity contribution >= 4 is 10.9 Å². The number of benzene rings is 2. The fraction of sp³-hybridized carbons (Fsp3) is 0.364. The molecule has 1 atom stereocenters. The Kier molecular flexibility index (Phi) is 5.84. The van der Waals surface area contributed by atoms with Crippen LogP contribution in [0.4, 0.5) is 0 Å². The van der Waals surface area contributed by atoms with Crippen molar-refractivity contribution in [3.8, 4) is 5.69 Å². The lowest BCUT2D eigenvalue weighted by Gasteiger charge is -2.20. The molecular formula is C22H27N3O. The van der Waals surface area contributed by atoms with E-state index in [-0.39, 0.29) is 11.6 Å². The normalized spacial score (nSPS) is 12.4. The summed E-state index contributed by atoms with van der Waals surface area (Å²) in [4.78, 5) is 18.0. The minimum atomic E-state index is -0.0170. The van der Waals surface area contributed by atoms with Gasteiger partial charge in [0.1, 0.15) is 5.82 Å². The zero-order chi connectivity index (χ0) is 18.5. The fourth-order valence-corrected chi connectivity index (χ4v) is 3.17. The molecule has 1 N–H and O–H groups in total. The van der Waals surface area contributed by atoms with E-state index in [1.165, 1.54) is 18.4 Å². The molecule has 0 aliphatic rings. The maximum Gasteiger partial charge on any atom is 0.266 e. The number of nitrogens with one attached hydrogen (secondary N) is 1. The van der Waals surface area contributed by atoms with Crippen LogP contribution < -0.4 is 10.9 Å². The van der Waals surface area contributed by atoms with Gasteiger partial charge in [0, 0.05) is 0 Å². The van der Waals surface area contributed by atoms with Crippen molar-refractivity contribution < 1.29 is 0 Å². The summed E-state index contributed by atoms with van der Waals surface area (Å²) in [5.74, 6) is 0.758.